The quantitative estimate of drug-likeness (QED) is 0.864. The topological polar surface area (TPSA) is 58.2 Å². The van der Waals surface area contributed by atoms with E-state index in [1.807, 2.05) is 13.8 Å². The minimum Gasteiger partial charge on any atom is -0.335 e. The Morgan fingerprint density at radius 1 is 1.35 bits per heavy atom. The molecule has 0 bridgehead atoms. The highest BCUT2D eigenvalue weighted by Crippen LogP contribution is 2.23. The molecule has 0 unspecified atom stereocenters. The monoisotopic (exact) mass is 340 g/mol. The standard InChI is InChI=1S/C17H25FN2O2S/c1-3-23(22)16-6-4-5-15(11-16)20-17(21)19-12(2)13-7-9-14(18)10-8-13/h7-10,12,15-16H,3-6,11H2,1-2H3,(H2,19,20,21)/t12-,15+,16+,23-/m0/s1. The fraction of sp³-hybridized carbons (Fsp3) is 0.588. The lowest BCUT2D eigenvalue weighted by Crippen LogP contribution is -2.46. The first-order valence-electron chi connectivity index (χ1n) is 8.19. The van der Waals surface area contributed by atoms with Crippen LogP contribution in [0.25, 0.3) is 0 Å². The molecule has 1 aromatic rings. The first kappa shape index (κ1) is 17.9. The van der Waals surface area contributed by atoms with Gasteiger partial charge in [-0.25, -0.2) is 9.18 Å². The van der Waals surface area contributed by atoms with Crippen molar-refractivity contribution in [1.82, 2.24) is 10.6 Å². The highest BCUT2D eigenvalue weighted by molar-refractivity contribution is 7.85. The number of amides is 2. The van der Waals surface area contributed by atoms with E-state index in [0.29, 0.717) is 5.75 Å². The van der Waals surface area contributed by atoms with E-state index in [4.69, 9.17) is 0 Å². The predicted molar refractivity (Wildman–Crippen MR) is 91.2 cm³/mol. The van der Waals surface area contributed by atoms with E-state index in [9.17, 15) is 13.4 Å². The Kier molecular flexibility index (Phi) is 6.57. The molecule has 23 heavy (non-hydrogen) atoms. The van der Waals surface area contributed by atoms with Crippen molar-refractivity contribution in [3.05, 3.63) is 35.6 Å². The van der Waals surface area contributed by atoms with Gasteiger partial charge in [-0.3, -0.25) is 4.21 Å². The summed E-state index contributed by atoms with van der Waals surface area (Å²) in [6, 6.07) is 5.76. The fourth-order valence-electron chi connectivity index (χ4n) is 3.01. The lowest BCUT2D eigenvalue weighted by Gasteiger charge is -2.29. The number of carbonyl (C=O) groups is 1. The average molecular weight is 340 g/mol. The Hall–Kier alpha value is -1.43. The molecule has 2 amide bonds. The molecule has 1 aliphatic carbocycles. The van der Waals surface area contributed by atoms with Crippen molar-refractivity contribution in [2.75, 3.05) is 5.75 Å². The van der Waals surface area contributed by atoms with Crippen molar-refractivity contribution in [1.29, 1.82) is 0 Å². The summed E-state index contributed by atoms with van der Waals surface area (Å²) in [7, 11) is -0.799. The summed E-state index contributed by atoms with van der Waals surface area (Å²) < 4.78 is 24.9. The Morgan fingerprint density at radius 2 is 2.04 bits per heavy atom. The first-order chi connectivity index (χ1) is 11.0. The van der Waals surface area contributed by atoms with E-state index in [-0.39, 0.29) is 29.2 Å². The van der Waals surface area contributed by atoms with E-state index >= 15 is 0 Å². The number of benzene rings is 1. The smallest absolute Gasteiger partial charge is 0.315 e. The second-order valence-electron chi connectivity index (χ2n) is 6.05. The van der Waals surface area contributed by atoms with Gasteiger partial charge in [-0.15, -0.1) is 0 Å². The van der Waals surface area contributed by atoms with Crippen LogP contribution < -0.4 is 10.6 Å². The second kappa shape index (κ2) is 8.43. The maximum absolute atomic E-state index is 12.9. The summed E-state index contributed by atoms with van der Waals surface area (Å²) in [6.07, 6.45) is 3.68. The van der Waals surface area contributed by atoms with Crippen LogP contribution in [-0.4, -0.2) is 27.3 Å². The van der Waals surface area contributed by atoms with Crippen LogP contribution in [0.15, 0.2) is 24.3 Å². The second-order valence-corrected chi connectivity index (χ2v) is 8.05. The van der Waals surface area contributed by atoms with Crippen LogP contribution in [0.1, 0.15) is 51.1 Å². The van der Waals surface area contributed by atoms with Crippen LogP contribution in [0.3, 0.4) is 0 Å². The zero-order chi connectivity index (χ0) is 16.8. The third kappa shape index (κ3) is 5.30. The van der Waals surface area contributed by atoms with Crippen LogP contribution in [-0.2, 0) is 10.8 Å². The first-order valence-corrected chi connectivity index (χ1v) is 9.57. The largest absolute Gasteiger partial charge is 0.335 e. The minimum absolute atomic E-state index is 0.0738. The molecular weight excluding hydrogens is 315 g/mol. The maximum Gasteiger partial charge on any atom is 0.315 e. The fourth-order valence-corrected chi connectivity index (χ4v) is 4.36. The number of carbonyl (C=O) groups excluding carboxylic acids is 1. The molecule has 1 aliphatic rings. The van der Waals surface area contributed by atoms with Gasteiger partial charge in [0.05, 0.1) is 6.04 Å². The van der Waals surface area contributed by atoms with Gasteiger partial charge in [0.25, 0.3) is 0 Å². The molecule has 0 aliphatic heterocycles. The molecule has 0 heterocycles. The van der Waals surface area contributed by atoms with Crippen LogP contribution in [0.5, 0.6) is 0 Å². The van der Waals surface area contributed by atoms with Gasteiger partial charge in [-0.05, 0) is 43.9 Å². The van der Waals surface area contributed by atoms with Gasteiger partial charge in [0, 0.05) is 27.8 Å². The van der Waals surface area contributed by atoms with Crippen LogP contribution >= 0.6 is 0 Å². The van der Waals surface area contributed by atoms with E-state index in [1.54, 1.807) is 12.1 Å². The van der Waals surface area contributed by atoms with E-state index in [2.05, 4.69) is 10.6 Å². The van der Waals surface area contributed by atoms with Gasteiger partial charge in [0.1, 0.15) is 5.82 Å². The molecule has 0 aromatic heterocycles. The van der Waals surface area contributed by atoms with Gasteiger partial charge in [0.2, 0.25) is 0 Å². The summed E-state index contributed by atoms with van der Waals surface area (Å²) in [5, 5.41) is 6.04. The van der Waals surface area contributed by atoms with Gasteiger partial charge in [-0.1, -0.05) is 25.5 Å². The minimum atomic E-state index is -0.799. The van der Waals surface area contributed by atoms with Crippen molar-refractivity contribution in [3.8, 4) is 0 Å². The Balaban J connectivity index is 1.84. The third-order valence-corrected chi connectivity index (χ3v) is 6.08. The van der Waals surface area contributed by atoms with Crippen molar-refractivity contribution < 1.29 is 13.4 Å². The molecule has 6 heteroatoms. The van der Waals surface area contributed by atoms with E-state index < -0.39 is 10.8 Å². The van der Waals surface area contributed by atoms with Crippen LogP contribution in [0, 0.1) is 5.82 Å². The number of halogens is 1. The molecule has 2 rings (SSSR count). The van der Waals surface area contributed by atoms with Crippen molar-refractivity contribution in [2.45, 2.75) is 56.9 Å². The molecule has 2 N–H and O–H groups in total. The molecule has 128 valence electrons. The number of hydrogen-bond acceptors (Lipinski definition) is 2. The summed E-state index contributed by atoms with van der Waals surface area (Å²) in [6.45, 7) is 3.80. The highest BCUT2D eigenvalue weighted by atomic mass is 32.2. The SMILES string of the molecule is CC[S@](=O)[C@@H]1CCC[C@@H](NC(=O)N[C@@H](C)c2ccc(F)cc2)C1. The van der Waals surface area contributed by atoms with E-state index in [1.165, 1.54) is 12.1 Å². The van der Waals surface area contributed by atoms with Crippen molar-refractivity contribution >= 4 is 16.8 Å². The average Bonchev–Trinajstić information content (AvgIpc) is 2.54. The summed E-state index contributed by atoms with van der Waals surface area (Å²) in [5.74, 6) is 0.383. The normalized spacial score (nSPS) is 23.8. The summed E-state index contributed by atoms with van der Waals surface area (Å²) >= 11 is 0. The molecule has 0 radical (unpaired) electrons. The Morgan fingerprint density at radius 3 is 2.70 bits per heavy atom. The highest BCUT2D eigenvalue weighted by Gasteiger charge is 2.26. The molecule has 0 saturated heterocycles. The van der Waals surface area contributed by atoms with Gasteiger partial charge >= 0.3 is 6.03 Å². The lowest BCUT2D eigenvalue weighted by molar-refractivity contribution is 0.230. The molecule has 1 aromatic carbocycles. The number of urea groups is 1. The van der Waals surface area contributed by atoms with Gasteiger partial charge in [-0.2, -0.15) is 0 Å². The van der Waals surface area contributed by atoms with Crippen LogP contribution in [0.4, 0.5) is 9.18 Å². The molecule has 4 atom stereocenters. The third-order valence-electron chi connectivity index (χ3n) is 4.34. The Labute approximate surface area is 139 Å². The van der Waals surface area contributed by atoms with Crippen molar-refractivity contribution in [2.24, 2.45) is 0 Å². The molecular formula is C17H25FN2O2S. The Bertz CT molecular complexity index is 550. The number of hydrogen-bond donors (Lipinski definition) is 2. The maximum atomic E-state index is 12.9. The molecule has 0 spiro atoms. The zero-order valence-corrected chi connectivity index (χ0v) is 14.5. The summed E-state index contributed by atoms with van der Waals surface area (Å²) in [4.78, 5) is 12.1. The van der Waals surface area contributed by atoms with Gasteiger partial charge < -0.3 is 10.6 Å². The summed E-state index contributed by atoms with van der Waals surface area (Å²) in [5.41, 5.74) is 0.857. The molecule has 4 nitrogen and oxygen atoms in total. The van der Waals surface area contributed by atoms with Gasteiger partial charge in [0.15, 0.2) is 0 Å². The zero-order valence-electron chi connectivity index (χ0n) is 13.7. The lowest BCUT2D eigenvalue weighted by atomic mass is 9.95. The number of nitrogens with one attached hydrogen (secondary N) is 2. The predicted octanol–water partition coefficient (Wildman–Crippen LogP) is 3.27. The number of rotatable bonds is 5. The molecule has 1 fully saturated rings. The molecule has 1 saturated carbocycles. The van der Waals surface area contributed by atoms with Crippen molar-refractivity contribution in [3.63, 3.8) is 0 Å². The van der Waals surface area contributed by atoms with Crippen LogP contribution in [0.2, 0.25) is 0 Å². The van der Waals surface area contributed by atoms with E-state index in [0.717, 1.165) is 31.2 Å².